The number of anilines is 1. The van der Waals surface area contributed by atoms with E-state index in [0.717, 1.165) is 42.2 Å². The van der Waals surface area contributed by atoms with Crippen LogP contribution in [0.2, 0.25) is 0 Å². The van der Waals surface area contributed by atoms with Crippen molar-refractivity contribution < 1.29 is 4.79 Å². The van der Waals surface area contributed by atoms with Crippen molar-refractivity contribution in [3.05, 3.63) is 51.9 Å². The lowest BCUT2D eigenvalue weighted by Crippen LogP contribution is -2.11. The number of carbonyl (C=O) groups excluding carboxylic acids is 1. The Bertz CT molecular complexity index is 762. The van der Waals surface area contributed by atoms with E-state index in [0.29, 0.717) is 12.0 Å². The molecule has 3 rings (SSSR count). The van der Waals surface area contributed by atoms with Gasteiger partial charge in [0, 0.05) is 17.1 Å². The van der Waals surface area contributed by atoms with Crippen LogP contribution in [-0.2, 0) is 23.4 Å². The molecule has 1 aromatic carbocycles. The highest BCUT2D eigenvalue weighted by atomic mass is 32.2. The monoisotopic (exact) mass is 370 g/mol. The number of amides is 1. The number of benzene rings is 1. The Balaban J connectivity index is 1.44. The number of nitrogens with zero attached hydrogens (tertiary/aromatic N) is 1. The second kappa shape index (κ2) is 9.07. The van der Waals surface area contributed by atoms with Gasteiger partial charge in [-0.2, -0.15) is 17.0 Å². The average molecular weight is 371 g/mol. The van der Waals surface area contributed by atoms with Crippen molar-refractivity contribution in [3.8, 4) is 6.07 Å². The maximum absolute atomic E-state index is 12.2. The number of nitrogens with one attached hydrogen (secondary N) is 1. The molecule has 130 valence electrons. The number of carbonyl (C=O) groups is 1. The first kappa shape index (κ1) is 18.0. The largest absolute Gasteiger partial charge is 0.317 e. The number of thiophene rings is 1. The van der Waals surface area contributed by atoms with Crippen molar-refractivity contribution in [3.63, 3.8) is 0 Å². The number of hydrogen-bond acceptors (Lipinski definition) is 4. The minimum Gasteiger partial charge on any atom is -0.317 e. The first-order valence-electron chi connectivity index (χ1n) is 8.74. The molecule has 1 aliphatic carbocycles. The fourth-order valence-electron chi connectivity index (χ4n) is 3.06. The van der Waals surface area contributed by atoms with E-state index < -0.39 is 0 Å². The van der Waals surface area contributed by atoms with Gasteiger partial charge in [0.1, 0.15) is 11.1 Å². The zero-order chi connectivity index (χ0) is 17.5. The van der Waals surface area contributed by atoms with Gasteiger partial charge in [-0.1, -0.05) is 30.3 Å². The third-order valence-electron chi connectivity index (χ3n) is 4.34. The molecule has 0 unspecified atom stereocenters. The summed E-state index contributed by atoms with van der Waals surface area (Å²) < 4.78 is 0. The average Bonchev–Trinajstić information content (AvgIpc) is 2.99. The summed E-state index contributed by atoms with van der Waals surface area (Å²) in [5, 5.41) is 13.2. The maximum atomic E-state index is 12.2. The molecule has 0 saturated carbocycles. The van der Waals surface area contributed by atoms with Crippen molar-refractivity contribution in [2.75, 3.05) is 11.1 Å². The minimum absolute atomic E-state index is 0.0235. The summed E-state index contributed by atoms with van der Waals surface area (Å²) in [7, 11) is 0. The highest BCUT2D eigenvalue weighted by Gasteiger charge is 2.21. The molecule has 0 spiro atoms. The lowest BCUT2D eigenvalue weighted by Gasteiger charge is -2.09. The molecule has 1 aliphatic rings. The second-order valence-corrected chi connectivity index (χ2v) is 8.43. The van der Waals surface area contributed by atoms with Gasteiger partial charge in [-0.05, 0) is 49.0 Å². The summed E-state index contributed by atoms with van der Waals surface area (Å²) in [5.41, 5.74) is 3.19. The molecule has 5 heteroatoms. The Morgan fingerprint density at radius 1 is 1.24 bits per heavy atom. The van der Waals surface area contributed by atoms with Gasteiger partial charge in [0.05, 0.1) is 5.56 Å². The van der Waals surface area contributed by atoms with Crippen LogP contribution < -0.4 is 5.32 Å². The van der Waals surface area contributed by atoms with Crippen LogP contribution in [0, 0.1) is 11.3 Å². The van der Waals surface area contributed by atoms with Crippen LogP contribution >= 0.6 is 23.1 Å². The summed E-state index contributed by atoms with van der Waals surface area (Å²) in [6, 6.07) is 12.7. The highest BCUT2D eigenvalue weighted by molar-refractivity contribution is 7.98. The first-order valence-corrected chi connectivity index (χ1v) is 10.7. The third kappa shape index (κ3) is 4.87. The molecule has 1 heterocycles. The van der Waals surface area contributed by atoms with Crippen molar-refractivity contribution in [2.24, 2.45) is 0 Å². The Morgan fingerprint density at radius 3 is 2.84 bits per heavy atom. The molecule has 0 aliphatic heterocycles. The third-order valence-corrected chi connectivity index (χ3v) is 6.66. The topological polar surface area (TPSA) is 52.9 Å². The van der Waals surface area contributed by atoms with Crippen LogP contribution in [0.25, 0.3) is 0 Å². The van der Waals surface area contributed by atoms with E-state index in [9.17, 15) is 10.1 Å². The summed E-state index contributed by atoms with van der Waals surface area (Å²) in [6.45, 7) is 0. The fourth-order valence-corrected chi connectivity index (χ4v) is 5.24. The molecule has 0 fully saturated rings. The molecule has 1 N–H and O–H groups in total. The fraction of sp³-hybridized carbons (Fsp3) is 0.400. The van der Waals surface area contributed by atoms with Gasteiger partial charge < -0.3 is 5.32 Å². The van der Waals surface area contributed by atoms with E-state index >= 15 is 0 Å². The standard InChI is InChI=1S/C20H22N2OS2/c21-13-17-16-9-4-5-10-18(16)25-20(17)22-19(23)11-6-12-24-14-15-7-2-1-3-8-15/h1-3,7-8H,4-6,9-12,14H2,(H,22,23). The van der Waals surface area contributed by atoms with E-state index in [-0.39, 0.29) is 5.91 Å². The lowest BCUT2D eigenvalue weighted by molar-refractivity contribution is -0.116. The minimum atomic E-state index is 0.0235. The Kier molecular flexibility index (Phi) is 6.55. The normalized spacial score (nSPS) is 13.1. The molecule has 3 nitrogen and oxygen atoms in total. The molecule has 2 aromatic rings. The molecule has 1 amide bonds. The predicted octanol–water partition coefficient (Wildman–Crippen LogP) is 5.15. The van der Waals surface area contributed by atoms with E-state index in [1.54, 1.807) is 11.3 Å². The van der Waals surface area contributed by atoms with Gasteiger partial charge >= 0.3 is 0 Å². The number of aryl methyl sites for hydroxylation is 1. The Hall–Kier alpha value is -1.77. The number of nitriles is 1. The molecular weight excluding hydrogens is 348 g/mol. The number of hydrogen-bond donors (Lipinski definition) is 1. The van der Waals surface area contributed by atoms with E-state index in [1.807, 2.05) is 17.8 Å². The number of rotatable bonds is 7. The van der Waals surface area contributed by atoms with Crippen molar-refractivity contribution in [1.82, 2.24) is 0 Å². The number of thioether (sulfide) groups is 1. The van der Waals surface area contributed by atoms with Crippen LogP contribution in [-0.4, -0.2) is 11.7 Å². The van der Waals surface area contributed by atoms with Gasteiger partial charge in [-0.15, -0.1) is 11.3 Å². The highest BCUT2D eigenvalue weighted by Crippen LogP contribution is 2.37. The van der Waals surface area contributed by atoms with Gasteiger partial charge in [-0.3, -0.25) is 4.79 Å². The summed E-state index contributed by atoms with van der Waals surface area (Å²) in [6.07, 6.45) is 5.71. The molecule has 25 heavy (non-hydrogen) atoms. The zero-order valence-electron chi connectivity index (χ0n) is 14.2. The van der Waals surface area contributed by atoms with Gasteiger partial charge in [0.2, 0.25) is 5.91 Å². The molecular formula is C20H22N2OS2. The van der Waals surface area contributed by atoms with Crippen molar-refractivity contribution in [2.45, 2.75) is 44.3 Å². The smallest absolute Gasteiger partial charge is 0.225 e. The lowest BCUT2D eigenvalue weighted by atomic mass is 9.96. The van der Waals surface area contributed by atoms with E-state index in [1.165, 1.54) is 22.4 Å². The molecule has 0 saturated heterocycles. The van der Waals surface area contributed by atoms with Gasteiger partial charge in [0.25, 0.3) is 0 Å². The van der Waals surface area contributed by atoms with Crippen molar-refractivity contribution >= 4 is 34.0 Å². The molecule has 0 atom stereocenters. The molecule has 0 bridgehead atoms. The first-order chi connectivity index (χ1) is 12.3. The Morgan fingerprint density at radius 2 is 2.04 bits per heavy atom. The van der Waals surface area contributed by atoms with E-state index in [4.69, 9.17) is 0 Å². The van der Waals surface area contributed by atoms with Crippen LogP contribution in [0.5, 0.6) is 0 Å². The van der Waals surface area contributed by atoms with Crippen LogP contribution in [0.1, 0.15) is 47.3 Å². The predicted molar refractivity (Wildman–Crippen MR) is 106 cm³/mol. The van der Waals surface area contributed by atoms with Gasteiger partial charge in [-0.25, -0.2) is 0 Å². The molecule has 1 aromatic heterocycles. The zero-order valence-corrected chi connectivity index (χ0v) is 15.8. The quantitative estimate of drug-likeness (QED) is 0.686. The van der Waals surface area contributed by atoms with E-state index in [2.05, 4.69) is 35.7 Å². The molecule has 0 radical (unpaired) electrons. The Labute approximate surface area is 157 Å². The second-order valence-electron chi connectivity index (χ2n) is 6.22. The van der Waals surface area contributed by atoms with Crippen LogP contribution in [0.15, 0.2) is 30.3 Å². The SMILES string of the molecule is N#Cc1c(NC(=O)CCCSCc2ccccc2)sc2c1CCCC2. The van der Waals surface area contributed by atoms with Crippen molar-refractivity contribution in [1.29, 1.82) is 5.26 Å². The van der Waals surface area contributed by atoms with Crippen LogP contribution in [0.4, 0.5) is 5.00 Å². The maximum Gasteiger partial charge on any atom is 0.225 e. The van der Waals surface area contributed by atoms with Crippen LogP contribution in [0.3, 0.4) is 0 Å². The number of fused-ring (bicyclic) bond motifs is 1. The van der Waals surface area contributed by atoms with Gasteiger partial charge in [0.15, 0.2) is 0 Å². The summed E-state index contributed by atoms with van der Waals surface area (Å²) in [4.78, 5) is 13.5. The summed E-state index contributed by atoms with van der Waals surface area (Å²) >= 11 is 3.45. The summed E-state index contributed by atoms with van der Waals surface area (Å²) in [5.74, 6) is 1.97.